The second-order valence-corrected chi connectivity index (χ2v) is 5.31. The first-order valence-electron chi connectivity index (χ1n) is 7.47. The van der Waals surface area contributed by atoms with Gasteiger partial charge in [-0.15, -0.1) is 0 Å². The molecular formula is C18H15N3O2. The number of nitrogens with one attached hydrogen (secondary N) is 2. The molecule has 2 heterocycles. The van der Waals surface area contributed by atoms with Crippen molar-refractivity contribution in [2.75, 3.05) is 18.5 Å². The van der Waals surface area contributed by atoms with E-state index in [2.05, 4.69) is 15.3 Å². The molecule has 2 aromatic carbocycles. The summed E-state index contributed by atoms with van der Waals surface area (Å²) in [6.07, 6.45) is 0. The summed E-state index contributed by atoms with van der Waals surface area (Å²) >= 11 is 0. The summed E-state index contributed by atoms with van der Waals surface area (Å²) in [5.74, 6) is 0.393. The summed E-state index contributed by atoms with van der Waals surface area (Å²) in [6.45, 7) is 1.24. The van der Waals surface area contributed by atoms with Gasteiger partial charge < -0.3 is 15.0 Å². The Bertz CT molecular complexity index is 878. The van der Waals surface area contributed by atoms with Gasteiger partial charge in [0.15, 0.2) is 0 Å². The van der Waals surface area contributed by atoms with Gasteiger partial charge in [0.05, 0.1) is 17.8 Å². The number of aliphatic imine (C=N–C) groups is 1. The minimum atomic E-state index is -0.188. The number of ether oxygens (including phenoxy) is 1. The van der Waals surface area contributed by atoms with Crippen molar-refractivity contribution in [1.29, 1.82) is 0 Å². The number of H-pyrrole nitrogens is 1. The van der Waals surface area contributed by atoms with E-state index >= 15 is 0 Å². The molecule has 1 amide bonds. The Morgan fingerprint density at radius 3 is 2.78 bits per heavy atom. The van der Waals surface area contributed by atoms with Crippen molar-refractivity contribution < 1.29 is 9.53 Å². The number of fused-ring (bicyclic) bond motifs is 1. The van der Waals surface area contributed by atoms with Gasteiger partial charge >= 0.3 is 0 Å². The lowest BCUT2D eigenvalue weighted by Crippen LogP contribution is -2.15. The van der Waals surface area contributed by atoms with E-state index in [1.54, 1.807) is 0 Å². The number of benzene rings is 2. The minimum Gasteiger partial charge on any atom is -0.475 e. The third-order valence-electron chi connectivity index (χ3n) is 3.77. The summed E-state index contributed by atoms with van der Waals surface area (Å²) in [6, 6.07) is 17.2. The highest BCUT2D eigenvalue weighted by Crippen LogP contribution is 2.21. The molecule has 0 saturated carbocycles. The van der Waals surface area contributed by atoms with Crippen molar-refractivity contribution in [3.63, 3.8) is 0 Å². The molecule has 5 nitrogen and oxygen atoms in total. The minimum absolute atomic E-state index is 0.188. The molecule has 2 N–H and O–H groups in total. The van der Waals surface area contributed by atoms with E-state index in [1.807, 2.05) is 54.6 Å². The molecule has 0 unspecified atom stereocenters. The van der Waals surface area contributed by atoms with Crippen LogP contribution in [0.2, 0.25) is 0 Å². The van der Waals surface area contributed by atoms with Crippen LogP contribution in [0.4, 0.5) is 5.69 Å². The predicted molar refractivity (Wildman–Crippen MR) is 90.0 cm³/mol. The zero-order chi connectivity index (χ0) is 15.6. The van der Waals surface area contributed by atoms with Crippen molar-refractivity contribution in [2.45, 2.75) is 0 Å². The molecule has 4 rings (SSSR count). The van der Waals surface area contributed by atoms with Gasteiger partial charge in [0.1, 0.15) is 12.3 Å². The summed E-state index contributed by atoms with van der Waals surface area (Å²) < 4.78 is 5.51. The Labute approximate surface area is 133 Å². The van der Waals surface area contributed by atoms with E-state index in [4.69, 9.17) is 4.74 Å². The topological polar surface area (TPSA) is 66.5 Å². The number of carbonyl (C=O) groups excluding carboxylic acids is 1. The summed E-state index contributed by atoms with van der Waals surface area (Å²) in [4.78, 5) is 20.0. The first-order valence-corrected chi connectivity index (χ1v) is 7.47. The lowest BCUT2D eigenvalue weighted by atomic mass is 10.1. The monoisotopic (exact) mass is 305 g/mol. The normalized spacial score (nSPS) is 13.7. The van der Waals surface area contributed by atoms with Gasteiger partial charge in [-0.2, -0.15) is 0 Å². The van der Waals surface area contributed by atoms with Crippen molar-refractivity contribution in [2.24, 2.45) is 4.99 Å². The molecule has 0 spiro atoms. The number of amides is 1. The number of rotatable bonds is 3. The number of hydrogen-bond donors (Lipinski definition) is 2. The van der Waals surface area contributed by atoms with Crippen LogP contribution >= 0.6 is 0 Å². The molecule has 23 heavy (non-hydrogen) atoms. The molecule has 0 radical (unpaired) electrons. The lowest BCUT2D eigenvalue weighted by Gasteiger charge is -2.10. The molecule has 3 aromatic rings. The maximum atomic E-state index is 12.5. The van der Waals surface area contributed by atoms with Gasteiger partial charge in [0.25, 0.3) is 5.91 Å². The molecule has 0 fully saturated rings. The Balaban J connectivity index is 1.64. The third-order valence-corrected chi connectivity index (χ3v) is 3.77. The van der Waals surface area contributed by atoms with Crippen LogP contribution in [0.1, 0.15) is 16.1 Å². The van der Waals surface area contributed by atoms with Gasteiger partial charge in [-0.3, -0.25) is 4.79 Å². The Hall–Kier alpha value is -3.08. The number of anilines is 1. The summed E-state index contributed by atoms with van der Waals surface area (Å²) in [5, 5.41) is 3.94. The van der Waals surface area contributed by atoms with Crippen molar-refractivity contribution >= 4 is 28.4 Å². The smallest absolute Gasteiger partial charge is 0.272 e. The van der Waals surface area contributed by atoms with Gasteiger partial charge in [-0.25, -0.2) is 4.99 Å². The highest BCUT2D eigenvalue weighted by atomic mass is 16.5. The van der Waals surface area contributed by atoms with Crippen LogP contribution in [0, 0.1) is 0 Å². The third kappa shape index (κ3) is 2.57. The van der Waals surface area contributed by atoms with E-state index in [1.165, 1.54) is 0 Å². The quantitative estimate of drug-likeness (QED) is 0.780. The van der Waals surface area contributed by atoms with Crippen LogP contribution in [0.3, 0.4) is 0 Å². The summed E-state index contributed by atoms with van der Waals surface area (Å²) in [7, 11) is 0. The zero-order valence-corrected chi connectivity index (χ0v) is 12.4. The largest absolute Gasteiger partial charge is 0.475 e. The van der Waals surface area contributed by atoms with Crippen molar-refractivity contribution in [3.8, 4) is 0 Å². The molecule has 0 bridgehead atoms. The molecule has 0 atom stereocenters. The number of aromatic nitrogens is 1. The zero-order valence-electron chi connectivity index (χ0n) is 12.4. The lowest BCUT2D eigenvalue weighted by molar-refractivity contribution is 0.102. The Kier molecular flexibility index (Phi) is 3.31. The van der Waals surface area contributed by atoms with Gasteiger partial charge in [0, 0.05) is 10.9 Å². The molecular weight excluding hydrogens is 290 g/mol. The average Bonchev–Trinajstić information content (AvgIpc) is 3.25. The maximum absolute atomic E-state index is 12.5. The van der Waals surface area contributed by atoms with Crippen molar-refractivity contribution in [1.82, 2.24) is 4.98 Å². The van der Waals surface area contributed by atoms with Crippen LogP contribution in [0.25, 0.3) is 10.9 Å². The fourth-order valence-electron chi connectivity index (χ4n) is 2.66. The second kappa shape index (κ2) is 5.61. The molecule has 0 saturated heterocycles. The number of para-hydroxylation sites is 2. The van der Waals surface area contributed by atoms with Crippen LogP contribution in [-0.2, 0) is 4.74 Å². The van der Waals surface area contributed by atoms with E-state index in [0.717, 1.165) is 16.5 Å². The molecule has 0 aliphatic carbocycles. The summed E-state index contributed by atoms with van der Waals surface area (Å²) in [5.41, 5.74) is 2.95. The number of hydrogen-bond acceptors (Lipinski definition) is 3. The van der Waals surface area contributed by atoms with Gasteiger partial charge in [-0.05, 0) is 24.3 Å². The highest BCUT2D eigenvalue weighted by Gasteiger charge is 2.17. The van der Waals surface area contributed by atoms with Crippen LogP contribution in [-0.4, -0.2) is 29.9 Å². The van der Waals surface area contributed by atoms with Gasteiger partial charge in [-0.1, -0.05) is 30.3 Å². The molecule has 1 aliphatic rings. The van der Waals surface area contributed by atoms with Crippen LogP contribution < -0.4 is 5.32 Å². The standard InChI is InChI=1S/C18H15N3O2/c22-17(16-11-12-5-1-3-7-14(12)20-16)21-15-8-4-2-6-13(15)18-19-9-10-23-18/h1-8,11,20H,9-10H2,(H,21,22). The van der Waals surface area contributed by atoms with E-state index in [9.17, 15) is 4.79 Å². The molecule has 1 aromatic heterocycles. The maximum Gasteiger partial charge on any atom is 0.272 e. The first kappa shape index (κ1) is 13.6. The highest BCUT2D eigenvalue weighted by molar-refractivity contribution is 6.09. The van der Waals surface area contributed by atoms with Crippen LogP contribution in [0.5, 0.6) is 0 Å². The Morgan fingerprint density at radius 1 is 1.13 bits per heavy atom. The predicted octanol–water partition coefficient (Wildman–Crippen LogP) is 3.20. The molecule has 1 aliphatic heterocycles. The number of aromatic amines is 1. The first-order chi connectivity index (χ1) is 11.3. The number of nitrogens with zero attached hydrogens (tertiary/aromatic N) is 1. The van der Waals surface area contributed by atoms with Crippen LogP contribution in [0.15, 0.2) is 59.6 Å². The second-order valence-electron chi connectivity index (χ2n) is 5.31. The van der Waals surface area contributed by atoms with Gasteiger partial charge in [0.2, 0.25) is 5.90 Å². The molecule has 5 heteroatoms. The SMILES string of the molecule is O=C(Nc1ccccc1C1=NCCO1)c1cc2ccccc2[nH]1. The Morgan fingerprint density at radius 2 is 1.96 bits per heavy atom. The van der Waals surface area contributed by atoms with E-state index in [0.29, 0.717) is 30.4 Å². The fourth-order valence-corrected chi connectivity index (χ4v) is 2.66. The number of carbonyl (C=O) groups is 1. The molecule has 114 valence electrons. The van der Waals surface area contributed by atoms with E-state index in [-0.39, 0.29) is 5.91 Å². The average molecular weight is 305 g/mol. The van der Waals surface area contributed by atoms with E-state index < -0.39 is 0 Å². The van der Waals surface area contributed by atoms with Crippen molar-refractivity contribution in [3.05, 3.63) is 65.9 Å². The fraction of sp³-hybridized carbons (Fsp3) is 0.111.